The first-order valence-corrected chi connectivity index (χ1v) is 9.29. The van der Waals surface area contributed by atoms with Gasteiger partial charge in [0.1, 0.15) is 0 Å². The van der Waals surface area contributed by atoms with Gasteiger partial charge in [0.2, 0.25) is 0 Å². The monoisotopic (exact) mass is 278 g/mol. The maximum atomic E-state index is 3.76. The normalized spacial score (nSPS) is 34.6. The Bertz CT molecular complexity index is 286. The topological polar surface area (TPSA) is 15.3 Å². The third-order valence-corrected chi connectivity index (χ3v) is 6.37. The van der Waals surface area contributed by atoms with Crippen LogP contribution in [-0.2, 0) is 0 Å². The molecule has 1 aliphatic heterocycles. The summed E-state index contributed by atoms with van der Waals surface area (Å²) in [5.41, 5.74) is 0.783. The number of nitrogens with one attached hydrogen (secondary N) is 1. The van der Waals surface area contributed by atoms with Crippen LogP contribution in [0.1, 0.15) is 77.6 Å². The van der Waals surface area contributed by atoms with E-state index >= 15 is 0 Å². The summed E-state index contributed by atoms with van der Waals surface area (Å²) in [6, 6.07) is 1.69. The van der Waals surface area contributed by atoms with Gasteiger partial charge >= 0.3 is 0 Å². The minimum absolute atomic E-state index is 0.783. The molecule has 1 saturated heterocycles. The predicted molar refractivity (Wildman–Crippen MR) is 86.0 cm³/mol. The maximum Gasteiger partial charge on any atom is 0.0110 e. The van der Waals surface area contributed by atoms with Gasteiger partial charge in [0.25, 0.3) is 0 Å². The second kappa shape index (κ2) is 6.79. The van der Waals surface area contributed by atoms with Gasteiger partial charge in [-0.25, -0.2) is 0 Å². The van der Waals surface area contributed by atoms with Gasteiger partial charge in [-0.1, -0.05) is 26.2 Å². The average Bonchev–Trinajstić information content (AvgIpc) is 2.94. The maximum absolute atomic E-state index is 3.76. The lowest BCUT2D eigenvalue weighted by Crippen LogP contribution is -2.49. The summed E-state index contributed by atoms with van der Waals surface area (Å²) >= 11 is 0. The van der Waals surface area contributed by atoms with Crippen molar-refractivity contribution in [1.29, 1.82) is 0 Å². The Morgan fingerprint density at radius 3 is 2.45 bits per heavy atom. The van der Waals surface area contributed by atoms with E-state index in [4.69, 9.17) is 0 Å². The molecule has 0 bridgehead atoms. The first kappa shape index (κ1) is 14.8. The van der Waals surface area contributed by atoms with E-state index in [9.17, 15) is 0 Å². The van der Waals surface area contributed by atoms with Gasteiger partial charge in [-0.15, -0.1) is 0 Å². The number of hydrogen-bond acceptors (Lipinski definition) is 2. The van der Waals surface area contributed by atoms with Crippen LogP contribution < -0.4 is 5.32 Å². The average molecular weight is 278 g/mol. The van der Waals surface area contributed by atoms with E-state index in [0.717, 1.165) is 17.5 Å². The molecule has 3 fully saturated rings. The summed E-state index contributed by atoms with van der Waals surface area (Å²) in [5.74, 6) is 0. The molecule has 2 saturated carbocycles. The molecule has 116 valence electrons. The van der Waals surface area contributed by atoms with Gasteiger partial charge in [0.05, 0.1) is 0 Å². The zero-order valence-corrected chi connectivity index (χ0v) is 13.5. The smallest absolute Gasteiger partial charge is 0.0110 e. The molecule has 1 spiro atoms. The van der Waals surface area contributed by atoms with Crippen molar-refractivity contribution in [2.24, 2.45) is 5.41 Å². The van der Waals surface area contributed by atoms with Gasteiger partial charge in [0, 0.05) is 12.1 Å². The highest BCUT2D eigenvalue weighted by atomic mass is 15.2. The first-order valence-electron chi connectivity index (χ1n) is 9.29. The SMILES string of the molecule is CCCNC1CCCC(N2CCC3(CCCC3)CC2)C1. The lowest BCUT2D eigenvalue weighted by atomic mass is 9.76. The lowest BCUT2D eigenvalue weighted by Gasteiger charge is -2.45. The fraction of sp³-hybridized carbons (Fsp3) is 1.00. The molecule has 0 aromatic carbocycles. The summed E-state index contributed by atoms with van der Waals surface area (Å²) < 4.78 is 0. The van der Waals surface area contributed by atoms with E-state index < -0.39 is 0 Å². The Labute approximate surface area is 125 Å². The molecule has 0 aromatic rings. The van der Waals surface area contributed by atoms with E-state index in [-0.39, 0.29) is 0 Å². The molecule has 20 heavy (non-hydrogen) atoms. The molecule has 2 aliphatic carbocycles. The fourth-order valence-corrected chi connectivity index (χ4v) is 5.02. The van der Waals surface area contributed by atoms with E-state index in [1.165, 1.54) is 90.3 Å². The number of likely N-dealkylation sites (tertiary alicyclic amines) is 1. The van der Waals surface area contributed by atoms with Gasteiger partial charge in [-0.05, 0) is 76.4 Å². The third-order valence-electron chi connectivity index (χ3n) is 6.37. The molecule has 2 unspecified atom stereocenters. The zero-order chi connectivity index (χ0) is 13.8. The number of nitrogens with zero attached hydrogens (tertiary/aromatic N) is 1. The Morgan fingerprint density at radius 1 is 1.00 bits per heavy atom. The molecular weight excluding hydrogens is 244 g/mol. The summed E-state index contributed by atoms with van der Waals surface area (Å²) in [6.07, 6.45) is 16.1. The second-order valence-corrected chi connectivity index (χ2v) is 7.71. The predicted octanol–water partition coefficient (Wildman–Crippen LogP) is 3.95. The van der Waals surface area contributed by atoms with Crippen LogP contribution in [0.4, 0.5) is 0 Å². The van der Waals surface area contributed by atoms with Crippen LogP contribution in [0.15, 0.2) is 0 Å². The van der Waals surface area contributed by atoms with Gasteiger partial charge in [0.15, 0.2) is 0 Å². The van der Waals surface area contributed by atoms with Crippen LogP contribution >= 0.6 is 0 Å². The highest BCUT2D eigenvalue weighted by molar-refractivity contribution is 4.93. The van der Waals surface area contributed by atoms with Crippen molar-refractivity contribution in [2.45, 2.75) is 89.6 Å². The quantitative estimate of drug-likeness (QED) is 0.837. The Kier molecular flexibility index (Phi) is 5.04. The molecule has 0 aromatic heterocycles. The van der Waals surface area contributed by atoms with E-state index in [1.54, 1.807) is 0 Å². The van der Waals surface area contributed by atoms with E-state index in [2.05, 4.69) is 17.1 Å². The van der Waals surface area contributed by atoms with E-state index in [0.29, 0.717) is 0 Å². The summed E-state index contributed by atoms with van der Waals surface area (Å²) in [4.78, 5) is 2.85. The molecule has 2 heteroatoms. The first-order chi connectivity index (χ1) is 9.81. The Balaban J connectivity index is 1.47. The molecular formula is C18H34N2. The molecule has 3 rings (SSSR count). The molecule has 2 atom stereocenters. The molecule has 0 radical (unpaired) electrons. The molecule has 0 amide bonds. The van der Waals surface area contributed by atoms with Gasteiger partial charge < -0.3 is 10.2 Å². The molecule has 1 heterocycles. The van der Waals surface area contributed by atoms with Gasteiger partial charge in [-0.2, -0.15) is 0 Å². The van der Waals surface area contributed by atoms with Crippen LogP contribution in [0.25, 0.3) is 0 Å². The highest BCUT2D eigenvalue weighted by Crippen LogP contribution is 2.46. The van der Waals surface area contributed by atoms with Gasteiger partial charge in [-0.3, -0.25) is 0 Å². The van der Waals surface area contributed by atoms with Crippen molar-refractivity contribution < 1.29 is 0 Å². The molecule has 1 N–H and O–H groups in total. The second-order valence-electron chi connectivity index (χ2n) is 7.71. The minimum atomic E-state index is 0.783. The van der Waals surface area contributed by atoms with Crippen molar-refractivity contribution in [3.63, 3.8) is 0 Å². The van der Waals surface area contributed by atoms with Crippen molar-refractivity contribution in [1.82, 2.24) is 10.2 Å². The Hall–Kier alpha value is -0.0800. The van der Waals surface area contributed by atoms with E-state index in [1.807, 2.05) is 0 Å². The highest BCUT2D eigenvalue weighted by Gasteiger charge is 2.38. The van der Waals surface area contributed by atoms with Crippen LogP contribution in [-0.4, -0.2) is 36.6 Å². The van der Waals surface area contributed by atoms with Crippen molar-refractivity contribution >= 4 is 0 Å². The largest absolute Gasteiger partial charge is 0.314 e. The zero-order valence-electron chi connectivity index (χ0n) is 13.5. The van der Waals surface area contributed by atoms with Crippen molar-refractivity contribution in [3.8, 4) is 0 Å². The third kappa shape index (κ3) is 3.39. The molecule has 3 aliphatic rings. The summed E-state index contributed by atoms with van der Waals surface area (Å²) in [6.45, 7) is 6.27. The number of hydrogen-bond donors (Lipinski definition) is 1. The summed E-state index contributed by atoms with van der Waals surface area (Å²) in [5, 5.41) is 3.76. The van der Waals surface area contributed by atoms with Crippen molar-refractivity contribution in [3.05, 3.63) is 0 Å². The van der Waals surface area contributed by atoms with Crippen LogP contribution in [0, 0.1) is 5.41 Å². The Morgan fingerprint density at radius 2 is 1.75 bits per heavy atom. The fourth-order valence-electron chi connectivity index (χ4n) is 5.02. The standard InChI is InChI=1S/C18H34N2/c1-2-12-19-16-6-5-7-17(15-16)20-13-10-18(11-14-20)8-3-4-9-18/h16-17,19H,2-15H2,1H3. The van der Waals surface area contributed by atoms with Crippen LogP contribution in [0.5, 0.6) is 0 Å². The van der Waals surface area contributed by atoms with Crippen LogP contribution in [0.2, 0.25) is 0 Å². The number of rotatable bonds is 4. The minimum Gasteiger partial charge on any atom is -0.314 e. The summed E-state index contributed by atoms with van der Waals surface area (Å²) in [7, 11) is 0. The molecule has 2 nitrogen and oxygen atoms in total. The van der Waals surface area contributed by atoms with Crippen LogP contribution in [0.3, 0.4) is 0 Å². The number of piperidine rings is 1. The van der Waals surface area contributed by atoms with Crippen molar-refractivity contribution in [2.75, 3.05) is 19.6 Å². The lowest BCUT2D eigenvalue weighted by molar-refractivity contribution is 0.0555.